The van der Waals surface area contributed by atoms with E-state index in [2.05, 4.69) is 28.8 Å². The van der Waals surface area contributed by atoms with Gasteiger partial charge in [-0.25, -0.2) is 0 Å². The summed E-state index contributed by atoms with van der Waals surface area (Å²) in [5, 5.41) is 6.51. The molecule has 5 nitrogen and oxygen atoms in total. The summed E-state index contributed by atoms with van der Waals surface area (Å²) in [6.07, 6.45) is 3.03. The normalized spacial score (nSPS) is 11.6. The van der Waals surface area contributed by atoms with Gasteiger partial charge in [0.25, 0.3) is 0 Å². The first-order valence-electron chi connectivity index (χ1n) is 6.43. The summed E-state index contributed by atoms with van der Waals surface area (Å²) in [6.45, 7) is 6.72. The van der Waals surface area contributed by atoms with E-state index in [-0.39, 0.29) is 0 Å². The van der Waals surface area contributed by atoms with Gasteiger partial charge in [0.15, 0.2) is 5.96 Å². The lowest BCUT2D eigenvalue weighted by Gasteiger charge is -2.10. The molecule has 6 heteroatoms. The standard InChI is InChI=1S/C12H27N3O2S/c1-4-13-12(15-7-11-18-3)14-6-5-8-17-10-9-16-2/h4-11H2,1-3H3,(H2,13,14,15). The van der Waals surface area contributed by atoms with Crippen molar-refractivity contribution >= 4 is 17.7 Å². The van der Waals surface area contributed by atoms with Crippen molar-refractivity contribution in [3.8, 4) is 0 Å². The maximum Gasteiger partial charge on any atom is 0.191 e. The molecule has 0 saturated heterocycles. The Morgan fingerprint density at radius 1 is 1.22 bits per heavy atom. The number of hydrogen-bond acceptors (Lipinski definition) is 4. The van der Waals surface area contributed by atoms with Crippen molar-refractivity contribution in [3.63, 3.8) is 0 Å². The molecule has 0 saturated carbocycles. The summed E-state index contributed by atoms with van der Waals surface area (Å²) < 4.78 is 10.3. The van der Waals surface area contributed by atoms with Crippen LogP contribution in [0.5, 0.6) is 0 Å². The number of ether oxygens (including phenoxy) is 2. The molecule has 0 heterocycles. The first kappa shape index (κ1) is 17.5. The summed E-state index contributed by atoms with van der Waals surface area (Å²) >= 11 is 1.82. The minimum atomic E-state index is 0.655. The van der Waals surface area contributed by atoms with Gasteiger partial charge < -0.3 is 20.1 Å². The molecule has 18 heavy (non-hydrogen) atoms. The molecule has 0 aromatic carbocycles. The molecular formula is C12H27N3O2S. The van der Waals surface area contributed by atoms with E-state index in [1.54, 1.807) is 7.11 Å². The van der Waals surface area contributed by atoms with Crippen LogP contribution in [-0.4, -0.2) is 64.5 Å². The van der Waals surface area contributed by atoms with Gasteiger partial charge in [0.05, 0.1) is 13.2 Å². The molecule has 0 aliphatic rings. The first-order chi connectivity index (χ1) is 8.85. The Kier molecular flexibility index (Phi) is 14.2. The zero-order chi connectivity index (χ0) is 13.5. The highest BCUT2D eigenvalue weighted by Crippen LogP contribution is 1.88. The fraction of sp³-hybridized carbons (Fsp3) is 0.917. The van der Waals surface area contributed by atoms with Gasteiger partial charge in [-0.2, -0.15) is 11.8 Å². The third-order valence-corrected chi connectivity index (χ3v) is 2.70. The summed E-state index contributed by atoms with van der Waals surface area (Å²) in [6, 6.07) is 0. The smallest absolute Gasteiger partial charge is 0.191 e. The maximum absolute atomic E-state index is 5.38. The number of nitrogens with one attached hydrogen (secondary N) is 2. The van der Waals surface area contributed by atoms with Crippen molar-refractivity contribution in [1.82, 2.24) is 10.6 Å². The van der Waals surface area contributed by atoms with E-state index >= 15 is 0 Å². The van der Waals surface area contributed by atoms with Crippen LogP contribution in [0.4, 0.5) is 0 Å². The highest BCUT2D eigenvalue weighted by atomic mass is 32.2. The molecule has 0 aromatic rings. The van der Waals surface area contributed by atoms with E-state index in [4.69, 9.17) is 9.47 Å². The third kappa shape index (κ3) is 12.0. The van der Waals surface area contributed by atoms with E-state index in [1.165, 1.54) is 0 Å². The molecule has 0 radical (unpaired) electrons. The Bertz CT molecular complexity index is 204. The predicted molar refractivity (Wildman–Crippen MR) is 79.7 cm³/mol. The van der Waals surface area contributed by atoms with Crippen LogP contribution in [0.25, 0.3) is 0 Å². The van der Waals surface area contributed by atoms with Crippen LogP contribution in [-0.2, 0) is 9.47 Å². The van der Waals surface area contributed by atoms with Gasteiger partial charge in [0, 0.05) is 39.1 Å². The third-order valence-electron chi connectivity index (χ3n) is 2.09. The molecule has 0 aliphatic heterocycles. The van der Waals surface area contributed by atoms with Gasteiger partial charge in [-0.15, -0.1) is 0 Å². The Morgan fingerprint density at radius 3 is 2.72 bits per heavy atom. The number of hydrogen-bond donors (Lipinski definition) is 2. The molecule has 2 N–H and O–H groups in total. The molecule has 0 fully saturated rings. The predicted octanol–water partition coefficient (Wildman–Crippen LogP) is 0.958. The number of nitrogens with zero attached hydrogens (tertiary/aromatic N) is 1. The van der Waals surface area contributed by atoms with Gasteiger partial charge in [0.1, 0.15) is 0 Å². The van der Waals surface area contributed by atoms with Crippen LogP contribution >= 0.6 is 11.8 Å². The summed E-state index contributed by atoms with van der Waals surface area (Å²) in [7, 11) is 1.68. The second-order valence-electron chi connectivity index (χ2n) is 3.64. The van der Waals surface area contributed by atoms with Crippen LogP contribution < -0.4 is 10.6 Å². The first-order valence-corrected chi connectivity index (χ1v) is 7.82. The van der Waals surface area contributed by atoms with Crippen molar-refractivity contribution in [3.05, 3.63) is 0 Å². The van der Waals surface area contributed by atoms with Crippen LogP contribution in [0.3, 0.4) is 0 Å². The van der Waals surface area contributed by atoms with Crippen LogP contribution in [0, 0.1) is 0 Å². The van der Waals surface area contributed by atoms with Crippen molar-refractivity contribution < 1.29 is 9.47 Å². The van der Waals surface area contributed by atoms with E-state index in [0.717, 1.165) is 44.4 Å². The number of guanidine groups is 1. The van der Waals surface area contributed by atoms with Gasteiger partial charge in [-0.05, 0) is 19.6 Å². The molecule has 0 rings (SSSR count). The molecule has 0 unspecified atom stereocenters. The minimum absolute atomic E-state index is 0.655. The SMILES string of the molecule is CCNC(=NCCCOCCOC)NCCSC. The lowest BCUT2D eigenvalue weighted by Crippen LogP contribution is -2.38. The second kappa shape index (κ2) is 14.6. The maximum atomic E-state index is 5.38. The summed E-state index contributed by atoms with van der Waals surface area (Å²) in [4.78, 5) is 4.48. The molecule has 108 valence electrons. The minimum Gasteiger partial charge on any atom is -0.382 e. The van der Waals surface area contributed by atoms with E-state index < -0.39 is 0 Å². The molecule has 0 bridgehead atoms. The Hall–Kier alpha value is -0.460. The number of rotatable bonds is 11. The molecule has 0 aliphatic carbocycles. The average molecular weight is 277 g/mol. The van der Waals surface area contributed by atoms with Gasteiger partial charge in [0.2, 0.25) is 0 Å². The van der Waals surface area contributed by atoms with Gasteiger partial charge >= 0.3 is 0 Å². The lowest BCUT2D eigenvalue weighted by atomic mass is 10.4. The number of thioether (sulfide) groups is 1. The summed E-state index contributed by atoms with van der Waals surface area (Å²) in [5.41, 5.74) is 0. The molecule has 0 atom stereocenters. The van der Waals surface area contributed by atoms with Crippen LogP contribution in [0.15, 0.2) is 4.99 Å². The van der Waals surface area contributed by atoms with Gasteiger partial charge in [-0.3, -0.25) is 4.99 Å². The largest absolute Gasteiger partial charge is 0.382 e. The van der Waals surface area contributed by atoms with Crippen LogP contribution in [0.1, 0.15) is 13.3 Å². The summed E-state index contributed by atoms with van der Waals surface area (Å²) in [5.74, 6) is 1.98. The van der Waals surface area contributed by atoms with E-state index in [1.807, 2.05) is 11.8 Å². The quantitative estimate of drug-likeness (QED) is 0.335. The van der Waals surface area contributed by atoms with Crippen molar-refractivity contribution in [2.45, 2.75) is 13.3 Å². The van der Waals surface area contributed by atoms with Gasteiger partial charge in [-0.1, -0.05) is 0 Å². The second-order valence-corrected chi connectivity index (χ2v) is 4.62. The van der Waals surface area contributed by atoms with Crippen molar-refractivity contribution in [1.29, 1.82) is 0 Å². The fourth-order valence-electron chi connectivity index (χ4n) is 1.22. The topological polar surface area (TPSA) is 54.9 Å². The van der Waals surface area contributed by atoms with Crippen LogP contribution in [0.2, 0.25) is 0 Å². The highest BCUT2D eigenvalue weighted by molar-refractivity contribution is 7.98. The Morgan fingerprint density at radius 2 is 2.06 bits per heavy atom. The molecular weight excluding hydrogens is 250 g/mol. The van der Waals surface area contributed by atoms with Crippen molar-refractivity contribution in [2.75, 3.05) is 58.6 Å². The zero-order valence-electron chi connectivity index (χ0n) is 11.8. The Labute approximate surface area is 115 Å². The Balaban J connectivity index is 3.59. The van der Waals surface area contributed by atoms with E-state index in [9.17, 15) is 0 Å². The number of aliphatic imine (C=N–C) groups is 1. The average Bonchev–Trinajstić information content (AvgIpc) is 2.38. The number of methoxy groups -OCH3 is 1. The zero-order valence-corrected chi connectivity index (χ0v) is 12.6. The molecule has 0 spiro atoms. The monoisotopic (exact) mass is 277 g/mol. The van der Waals surface area contributed by atoms with Crippen molar-refractivity contribution in [2.24, 2.45) is 4.99 Å². The lowest BCUT2D eigenvalue weighted by molar-refractivity contribution is 0.0702. The molecule has 0 amide bonds. The molecule has 0 aromatic heterocycles. The highest BCUT2D eigenvalue weighted by Gasteiger charge is 1.95. The van der Waals surface area contributed by atoms with E-state index in [0.29, 0.717) is 13.2 Å². The fourth-order valence-corrected chi connectivity index (χ4v) is 1.52.